The Hall–Kier alpha value is -3.46. The van der Waals surface area contributed by atoms with Crippen LogP contribution in [0.4, 0.5) is 5.69 Å². The minimum atomic E-state index is -0.337. The molecule has 0 unspecified atom stereocenters. The second-order valence-corrected chi connectivity index (χ2v) is 8.64. The lowest BCUT2D eigenvalue weighted by molar-refractivity contribution is -0.116. The predicted octanol–water partition coefficient (Wildman–Crippen LogP) is 2.90. The van der Waals surface area contributed by atoms with E-state index in [0.717, 1.165) is 10.4 Å². The molecule has 1 N–H and O–H groups in total. The van der Waals surface area contributed by atoms with Gasteiger partial charge in [-0.2, -0.15) is 0 Å². The van der Waals surface area contributed by atoms with Gasteiger partial charge in [0, 0.05) is 24.9 Å². The fraction of sp³-hybridized carbons (Fsp3) is 0.273. The van der Waals surface area contributed by atoms with Crippen molar-refractivity contribution in [2.45, 2.75) is 33.7 Å². The fourth-order valence-electron chi connectivity index (χ4n) is 3.57. The molecule has 0 spiro atoms. The van der Waals surface area contributed by atoms with Crippen LogP contribution in [-0.2, 0) is 18.4 Å². The van der Waals surface area contributed by atoms with Crippen LogP contribution in [0.5, 0.6) is 0 Å². The summed E-state index contributed by atoms with van der Waals surface area (Å²) in [5.74, 6) is -0.337. The van der Waals surface area contributed by atoms with E-state index in [1.807, 2.05) is 44.2 Å². The van der Waals surface area contributed by atoms with Crippen LogP contribution >= 0.6 is 11.3 Å². The van der Waals surface area contributed by atoms with Crippen LogP contribution in [0.1, 0.15) is 22.6 Å². The van der Waals surface area contributed by atoms with Crippen molar-refractivity contribution in [3.05, 3.63) is 73.5 Å². The molecular formula is C22H23N5O3S. The Labute approximate surface area is 182 Å². The first-order valence-electron chi connectivity index (χ1n) is 9.88. The third-order valence-electron chi connectivity index (χ3n) is 5.55. The number of anilines is 1. The van der Waals surface area contributed by atoms with Crippen LogP contribution in [0, 0.1) is 20.8 Å². The predicted molar refractivity (Wildman–Crippen MR) is 122 cm³/mol. The average Bonchev–Trinajstić information content (AvgIpc) is 3.16. The summed E-state index contributed by atoms with van der Waals surface area (Å²) in [6.07, 6.45) is 1.53. The molecule has 0 aliphatic heterocycles. The molecule has 0 atom stereocenters. The maximum Gasteiger partial charge on any atom is 0.295 e. The SMILES string of the molecule is Cc1sc2ncn(CCC(=O)Nc3c(C)n(C)n(-c4ccccc4)c3=O)c(=O)c2c1C. The van der Waals surface area contributed by atoms with Gasteiger partial charge < -0.3 is 5.32 Å². The zero-order chi connectivity index (χ0) is 22.3. The molecule has 4 rings (SSSR count). The molecule has 160 valence electrons. The van der Waals surface area contributed by atoms with Crippen molar-refractivity contribution < 1.29 is 4.79 Å². The Kier molecular flexibility index (Phi) is 5.36. The number of hydrogen-bond acceptors (Lipinski definition) is 5. The number of nitrogens with one attached hydrogen (secondary N) is 1. The van der Waals surface area contributed by atoms with E-state index in [1.54, 1.807) is 18.7 Å². The van der Waals surface area contributed by atoms with Crippen molar-refractivity contribution in [3.63, 3.8) is 0 Å². The van der Waals surface area contributed by atoms with Gasteiger partial charge in [-0.3, -0.25) is 23.6 Å². The van der Waals surface area contributed by atoms with Gasteiger partial charge in [-0.25, -0.2) is 9.67 Å². The molecule has 0 aliphatic rings. The van der Waals surface area contributed by atoms with Gasteiger partial charge in [0.15, 0.2) is 0 Å². The van der Waals surface area contributed by atoms with Gasteiger partial charge in [-0.1, -0.05) is 18.2 Å². The van der Waals surface area contributed by atoms with E-state index in [0.29, 0.717) is 21.6 Å². The average molecular weight is 438 g/mol. The second-order valence-electron chi connectivity index (χ2n) is 7.44. The molecule has 3 heterocycles. The number of fused-ring (bicyclic) bond motifs is 1. The number of hydrogen-bond donors (Lipinski definition) is 1. The Balaban J connectivity index is 1.55. The lowest BCUT2D eigenvalue weighted by Gasteiger charge is -2.07. The highest BCUT2D eigenvalue weighted by Gasteiger charge is 2.18. The maximum atomic E-state index is 12.9. The van der Waals surface area contributed by atoms with Gasteiger partial charge in [-0.05, 0) is 38.5 Å². The molecular weight excluding hydrogens is 414 g/mol. The van der Waals surface area contributed by atoms with E-state index in [-0.39, 0.29) is 35.7 Å². The fourth-order valence-corrected chi connectivity index (χ4v) is 4.55. The van der Waals surface area contributed by atoms with Crippen LogP contribution < -0.4 is 16.4 Å². The molecule has 0 fully saturated rings. The Morgan fingerprint density at radius 3 is 2.52 bits per heavy atom. The molecule has 0 radical (unpaired) electrons. The summed E-state index contributed by atoms with van der Waals surface area (Å²) < 4.78 is 4.66. The third kappa shape index (κ3) is 3.61. The number of para-hydroxylation sites is 1. The molecule has 4 aromatic rings. The van der Waals surface area contributed by atoms with Gasteiger partial charge >= 0.3 is 0 Å². The zero-order valence-corrected chi connectivity index (χ0v) is 18.6. The summed E-state index contributed by atoms with van der Waals surface area (Å²) in [5.41, 5.74) is 2.07. The molecule has 0 aliphatic carbocycles. The van der Waals surface area contributed by atoms with E-state index in [4.69, 9.17) is 0 Å². The summed E-state index contributed by atoms with van der Waals surface area (Å²) in [4.78, 5) is 44.4. The van der Waals surface area contributed by atoms with E-state index in [2.05, 4.69) is 10.3 Å². The van der Waals surface area contributed by atoms with Crippen LogP contribution in [0.25, 0.3) is 15.9 Å². The topological polar surface area (TPSA) is 90.9 Å². The van der Waals surface area contributed by atoms with Crippen LogP contribution in [0.15, 0.2) is 46.2 Å². The van der Waals surface area contributed by atoms with Crippen molar-refractivity contribution in [1.29, 1.82) is 0 Å². The van der Waals surface area contributed by atoms with Gasteiger partial charge in [-0.15, -0.1) is 11.3 Å². The van der Waals surface area contributed by atoms with Gasteiger partial charge in [0.05, 0.1) is 23.1 Å². The molecule has 31 heavy (non-hydrogen) atoms. The van der Waals surface area contributed by atoms with Crippen molar-refractivity contribution >= 4 is 33.1 Å². The number of carbonyl (C=O) groups is 1. The number of rotatable bonds is 5. The largest absolute Gasteiger partial charge is 0.320 e. The molecule has 0 saturated carbocycles. The highest BCUT2D eigenvalue weighted by molar-refractivity contribution is 7.18. The first kappa shape index (κ1) is 20.8. The third-order valence-corrected chi connectivity index (χ3v) is 6.67. The normalized spacial score (nSPS) is 11.2. The quantitative estimate of drug-likeness (QED) is 0.520. The van der Waals surface area contributed by atoms with E-state index < -0.39 is 0 Å². The summed E-state index contributed by atoms with van der Waals surface area (Å²) in [5, 5.41) is 3.33. The number of amides is 1. The van der Waals surface area contributed by atoms with Crippen molar-refractivity contribution in [1.82, 2.24) is 18.9 Å². The summed E-state index contributed by atoms with van der Waals surface area (Å²) in [6, 6.07) is 9.23. The molecule has 8 nitrogen and oxygen atoms in total. The van der Waals surface area contributed by atoms with Gasteiger partial charge in [0.25, 0.3) is 11.1 Å². The van der Waals surface area contributed by atoms with E-state index in [1.165, 1.54) is 26.9 Å². The molecule has 0 saturated heterocycles. The first-order valence-corrected chi connectivity index (χ1v) is 10.7. The van der Waals surface area contributed by atoms with Crippen molar-refractivity contribution in [2.75, 3.05) is 5.32 Å². The lowest BCUT2D eigenvalue weighted by Crippen LogP contribution is -2.25. The minimum Gasteiger partial charge on any atom is -0.320 e. The van der Waals surface area contributed by atoms with Crippen molar-refractivity contribution in [3.8, 4) is 5.69 Å². The maximum absolute atomic E-state index is 12.9. The standard InChI is InChI=1S/C22H23N5O3S/c1-13-15(3)31-20-18(13)21(29)26(12-23-20)11-10-17(28)24-19-14(2)25(4)27(22(19)30)16-8-6-5-7-9-16/h5-9,12H,10-11H2,1-4H3,(H,24,28). The Morgan fingerprint density at radius 2 is 1.81 bits per heavy atom. The molecule has 1 amide bonds. The monoisotopic (exact) mass is 437 g/mol. The van der Waals surface area contributed by atoms with E-state index in [9.17, 15) is 14.4 Å². The van der Waals surface area contributed by atoms with Crippen LogP contribution in [-0.4, -0.2) is 24.8 Å². The summed E-state index contributed by atoms with van der Waals surface area (Å²) in [6.45, 7) is 5.83. The lowest BCUT2D eigenvalue weighted by atomic mass is 10.2. The number of thiophene rings is 1. The highest BCUT2D eigenvalue weighted by atomic mass is 32.1. The van der Waals surface area contributed by atoms with Crippen molar-refractivity contribution in [2.24, 2.45) is 7.05 Å². The highest BCUT2D eigenvalue weighted by Crippen LogP contribution is 2.25. The van der Waals surface area contributed by atoms with Crippen LogP contribution in [0.2, 0.25) is 0 Å². The second kappa shape index (κ2) is 7.99. The molecule has 9 heteroatoms. The Bertz CT molecular complexity index is 1410. The number of nitrogens with zero attached hydrogens (tertiary/aromatic N) is 4. The smallest absolute Gasteiger partial charge is 0.295 e. The Morgan fingerprint density at radius 1 is 1.10 bits per heavy atom. The number of aromatic nitrogens is 4. The number of aryl methyl sites for hydroxylation is 3. The first-order chi connectivity index (χ1) is 14.8. The summed E-state index contributed by atoms with van der Waals surface area (Å²) in [7, 11) is 1.77. The van der Waals surface area contributed by atoms with E-state index >= 15 is 0 Å². The number of benzene rings is 1. The molecule has 3 aromatic heterocycles. The number of carbonyl (C=O) groups excluding carboxylic acids is 1. The summed E-state index contributed by atoms with van der Waals surface area (Å²) >= 11 is 1.49. The molecule has 1 aromatic carbocycles. The van der Waals surface area contributed by atoms with Gasteiger partial charge in [0.1, 0.15) is 10.5 Å². The van der Waals surface area contributed by atoms with Gasteiger partial charge in [0.2, 0.25) is 5.91 Å². The minimum absolute atomic E-state index is 0.0500. The zero-order valence-electron chi connectivity index (χ0n) is 17.8. The molecule has 0 bridgehead atoms. The van der Waals surface area contributed by atoms with Crippen LogP contribution in [0.3, 0.4) is 0 Å².